The highest BCUT2D eigenvalue weighted by molar-refractivity contribution is 7.92. The van der Waals surface area contributed by atoms with E-state index in [1.807, 2.05) is 30.7 Å². The smallest absolute Gasteiger partial charge is 0.261 e. The summed E-state index contributed by atoms with van der Waals surface area (Å²) in [6.07, 6.45) is 6.08. The first-order valence-corrected chi connectivity index (χ1v) is 10.8. The van der Waals surface area contributed by atoms with Gasteiger partial charge >= 0.3 is 0 Å². The van der Waals surface area contributed by atoms with Crippen molar-refractivity contribution in [3.05, 3.63) is 77.9 Å². The maximum Gasteiger partial charge on any atom is 0.261 e. The van der Waals surface area contributed by atoms with Gasteiger partial charge in [0.1, 0.15) is 0 Å². The van der Waals surface area contributed by atoms with Crippen LogP contribution in [0.25, 0.3) is 0 Å². The van der Waals surface area contributed by atoms with Crippen molar-refractivity contribution >= 4 is 21.6 Å². The molecule has 0 fully saturated rings. The van der Waals surface area contributed by atoms with Gasteiger partial charge in [0.15, 0.2) is 0 Å². The molecule has 2 aromatic carbocycles. The van der Waals surface area contributed by atoms with Crippen LogP contribution in [0.1, 0.15) is 27.9 Å². The molecule has 0 saturated heterocycles. The molecular weight excluding hydrogens is 388 g/mol. The number of sulfonamides is 1. The van der Waals surface area contributed by atoms with Crippen LogP contribution in [-0.4, -0.2) is 30.4 Å². The number of rotatable bonds is 8. The van der Waals surface area contributed by atoms with Crippen LogP contribution in [0, 0.1) is 13.8 Å². The van der Waals surface area contributed by atoms with Gasteiger partial charge in [-0.25, -0.2) is 13.4 Å². The van der Waals surface area contributed by atoms with Crippen LogP contribution < -0.4 is 10.0 Å². The molecule has 0 aliphatic carbocycles. The van der Waals surface area contributed by atoms with Crippen molar-refractivity contribution in [3.63, 3.8) is 0 Å². The average molecular weight is 413 g/mol. The number of amides is 1. The SMILES string of the molecule is Cc1ccc(NS(=O)(=O)c2ccc(C(=O)NCCCn3ccnc3)cc2)cc1C. The molecule has 0 aliphatic rings. The predicted octanol–water partition coefficient (Wildman–Crippen LogP) is 3.12. The fourth-order valence-corrected chi connectivity index (χ4v) is 3.84. The van der Waals surface area contributed by atoms with E-state index in [4.69, 9.17) is 0 Å². The van der Waals surface area contributed by atoms with Crippen LogP contribution in [0.5, 0.6) is 0 Å². The summed E-state index contributed by atoms with van der Waals surface area (Å²) in [4.78, 5) is 16.3. The van der Waals surface area contributed by atoms with E-state index in [0.717, 1.165) is 24.1 Å². The highest BCUT2D eigenvalue weighted by Gasteiger charge is 2.15. The molecule has 2 N–H and O–H groups in total. The summed E-state index contributed by atoms with van der Waals surface area (Å²) in [6, 6.07) is 11.3. The van der Waals surface area contributed by atoms with Gasteiger partial charge < -0.3 is 9.88 Å². The Bertz CT molecular complexity index is 1080. The van der Waals surface area contributed by atoms with E-state index in [-0.39, 0.29) is 10.8 Å². The highest BCUT2D eigenvalue weighted by Crippen LogP contribution is 2.19. The van der Waals surface area contributed by atoms with Crippen LogP contribution in [0.15, 0.2) is 66.1 Å². The Morgan fingerprint density at radius 1 is 1.07 bits per heavy atom. The standard InChI is InChI=1S/C21H24N4O3S/c1-16-4-7-19(14-17(16)2)24-29(27,28)20-8-5-18(6-9-20)21(26)23-10-3-12-25-13-11-22-15-25/h4-9,11,13-15,24H,3,10,12H2,1-2H3,(H,23,26). The molecular formula is C21H24N4O3S. The molecule has 1 aromatic heterocycles. The van der Waals surface area contributed by atoms with Crippen LogP contribution >= 0.6 is 0 Å². The second kappa shape index (κ2) is 8.91. The largest absolute Gasteiger partial charge is 0.352 e. The Balaban J connectivity index is 1.57. The summed E-state index contributed by atoms with van der Waals surface area (Å²) in [7, 11) is -3.72. The van der Waals surface area contributed by atoms with E-state index in [0.29, 0.717) is 17.8 Å². The summed E-state index contributed by atoms with van der Waals surface area (Å²) in [5.41, 5.74) is 3.02. The van der Waals surface area contributed by atoms with Crippen LogP contribution in [0.2, 0.25) is 0 Å². The molecule has 0 radical (unpaired) electrons. The van der Waals surface area contributed by atoms with Crippen molar-refractivity contribution in [2.24, 2.45) is 0 Å². The Kier molecular flexibility index (Phi) is 6.33. The second-order valence-corrected chi connectivity index (χ2v) is 8.52. The van der Waals surface area contributed by atoms with Crippen molar-refractivity contribution in [1.82, 2.24) is 14.9 Å². The molecule has 3 rings (SSSR count). The number of aromatic nitrogens is 2. The van der Waals surface area contributed by atoms with E-state index in [1.165, 1.54) is 24.3 Å². The Morgan fingerprint density at radius 3 is 2.48 bits per heavy atom. The van der Waals surface area contributed by atoms with Crippen molar-refractivity contribution in [1.29, 1.82) is 0 Å². The molecule has 1 amide bonds. The number of hydrogen-bond acceptors (Lipinski definition) is 4. The van der Waals surface area contributed by atoms with Gasteiger partial charge in [-0.15, -0.1) is 0 Å². The third-order valence-electron chi connectivity index (χ3n) is 4.62. The van der Waals surface area contributed by atoms with Crippen LogP contribution in [0.3, 0.4) is 0 Å². The first-order chi connectivity index (χ1) is 13.8. The predicted molar refractivity (Wildman–Crippen MR) is 112 cm³/mol. The van der Waals surface area contributed by atoms with Gasteiger partial charge in [-0.2, -0.15) is 0 Å². The number of anilines is 1. The first kappa shape index (κ1) is 20.6. The monoisotopic (exact) mass is 412 g/mol. The zero-order valence-corrected chi connectivity index (χ0v) is 17.2. The normalized spacial score (nSPS) is 11.2. The molecule has 1 heterocycles. The summed E-state index contributed by atoms with van der Waals surface area (Å²) < 4.78 is 29.7. The van der Waals surface area contributed by atoms with E-state index < -0.39 is 10.0 Å². The lowest BCUT2D eigenvalue weighted by molar-refractivity contribution is 0.0952. The molecule has 3 aromatic rings. The number of imidazole rings is 1. The molecule has 0 unspecified atom stereocenters. The minimum absolute atomic E-state index is 0.104. The first-order valence-electron chi connectivity index (χ1n) is 9.29. The second-order valence-electron chi connectivity index (χ2n) is 6.84. The molecule has 8 heteroatoms. The Hall–Kier alpha value is -3.13. The van der Waals surface area contributed by atoms with Crippen molar-refractivity contribution in [2.75, 3.05) is 11.3 Å². The van der Waals surface area contributed by atoms with Gasteiger partial charge in [0, 0.05) is 36.7 Å². The number of aryl methyl sites for hydroxylation is 3. The third kappa shape index (κ3) is 5.45. The fraction of sp³-hybridized carbons (Fsp3) is 0.238. The number of carbonyl (C=O) groups excluding carboxylic acids is 1. The van der Waals surface area contributed by atoms with Gasteiger partial charge in [-0.1, -0.05) is 6.07 Å². The number of hydrogen-bond donors (Lipinski definition) is 2. The topological polar surface area (TPSA) is 93.1 Å². The van der Waals surface area contributed by atoms with E-state index in [9.17, 15) is 13.2 Å². The molecule has 152 valence electrons. The molecule has 0 aliphatic heterocycles. The van der Waals surface area contributed by atoms with E-state index in [2.05, 4.69) is 15.0 Å². The number of nitrogens with one attached hydrogen (secondary N) is 2. The fourth-order valence-electron chi connectivity index (χ4n) is 2.79. The summed E-state index contributed by atoms with van der Waals surface area (Å²) in [6.45, 7) is 5.18. The highest BCUT2D eigenvalue weighted by atomic mass is 32.2. The van der Waals surface area contributed by atoms with Gasteiger partial charge in [-0.05, 0) is 67.8 Å². The van der Waals surface area contributed by atoms with Crippen molar-refractivity contribution < 1.29 is 13.2 Å². The summed E-state index contributed by atoms with van der Waals surface area (Å²) >= 11 is 0. The van der Waals surface area contributed by atoms with Gasteiger partial charge in [0.2, 0.25) is 0 Å². The van der Waals surface area contributed by atoms with Gasteiger partial charge in [0.25, 0.3) is 15.9 Å². The lowest BCUT2D eigenvalue weighted by Crippen LogP contribution is -2.25. The van der Waals surface area contributed by atoms with Gasteiger partial charge in [-0.3, -0.25) is 9.52 Å². The van der Waals surface area contributed by atoms with Crippen molar-refractivity contribution in [3.8, 4) is 0 Å². The molecule has 29 heavy (non-hydrogen) atoms. The molecule has 0 bridgehead atoms. The Labute approximate surface area is 170 Å². The third-order valence-corrected chi connectivity index (χ3v) is 6.02. The van der Waals surface area contributed by atoms with E-state index >= 15 is 0 Å². The van der Waals surface area contributed by atoms with Crippen molar-refractivity contribution in [2.45, 2.75) is 31.7 Å². The molecule has 0 saturated carbocycles. The van der Waals surface area contributed by atoms with Crippen LogP contribution in [0.4, 0.5) is 5.69 Å². The van der Waals surface area contributed by atoms with Gasteiger partial charge in [0.05, 0.1) is 11.2 Å². The number of carbonyl (C=O) groups is 1. The minimum Gasteiger partial charge on any atom is -0.352 e. The summed E-state index contributed by atoms with van der Waals surface area (Å²) in [5, 5.41) is 2.83. The lowest BCUT2D eigenvalue weighted by Gasteiger charge is -2.11. The molecule has 7 nitrogen and oxygen atoms in total. The maximum absolute atomic E-state index is 12.6. The summed E-state index contributed by atoms with van der Waals surface area (Å²) in [5.74, 6) is -0.235. The van der Waals surface area contributed by atoms with E-state index in [1.54, 1.807) is 24.7 Å². The Morgan fingerprint density at radius 2 is 1.83 bits per heavy atom. The molecule has 0 atom stereocenters. The lowest BCUT2D eigenvalue weighted by atomic mass is 10.1. The zero-order valence-electron chi connectivity index (χ0n) is 16.4. The number of nitrogens with zero attached hydrogens (tertiary/aromatic N) is 2. The zero-order chi connectivity index (χ0) is 20.9. The van der Waals surface area contributed by atoms with Crippen LogP contribution in [-0.2, 0) is 16.6 Å². The maximum atomic E-state index is 12.6. The average Bonchev–Trinajstić information content (AvgIpc) is 3.21. The quantitative estimate of drug-likeness (QED) is 0.556. The molecule has 0 spiro atoms. The number of benzene rings is 2. The minimum atomic E-state index is -3.72.